The van der Waals surface area contributed by atoms with Gasteiger partial charge in [0.1, 0.15) is 11.5 Å². The lowest BCUT2D eigenvalue weighted by Crippen LogP contribution is -2.11. The first-order chi connectivity index (χ1) is 8.72. The molecule has 0 bridgehead atoms. The van der Waals surface area contributed by atoms with Crippen LogP contribution in [0, 0.1) is 0 Å². The van der Waals surface area contributed by atoms with E-state index in [9.17, 15) is 0 Å². The maximum atomic E-state index is 6.17. The molecular weight excluding hydrogens is 294 g/mol. The average Bonchev–Trinajstić information content (AvgIpc) is 3.08. The Morgan fingerprint density at radius 3 is 2.78 bits per heavy atom. The maximum absolute atomic E-state index is 6.17. The van der Waals surface area contributed by atoms with Gasteiger partial charge in [-0.2, -0.15) is 0 Å². The van der Waals surface area contributed by atoms with Crippen LogP contribution in [-0.4, -0.2) is 6.10 Å². The molecule has 1 aliphatic carbocycles. The molecule has 2 N–H and O–H groups in total. The summed E-state index contributed by atoms with van der Waals surface area (Å²) in [4.78, 5) is 0. The number of furan rings is 1. The quantitative estimate of drug-likeness (QED) is 0.938. The molecule has 1 aliphatic rings. The van der Waals surface area contributed by atoms with Crippen LogP contribution in [0.2, 0.25) is 0 Å². The van der Waals surface area contributed by atoms with Crippen molar-refractivity contribution in [2.24, 2.45) is 5.73 Å². The minimum absolute atomic E-state index is 0.265. The SMILES string of the molecule is NC(c1cccc(OC2CC2)c1)c1ccc(Br)o1. The third kappa shape index (κ3) is 2.60. The number of halogens is 1. The van der Waals surface area contributed by atoms with E-state index in [2.05, 4.69) is 15.9 Å². The molecule has 1 fully saturated rings. The molecule has 2 aromatic rings. The lowest BCUT2D eigenvalue weighted by molar-refractivity contribution is 0.302. The van der Waals surface area contributed by atoms with Gasteiger partial charge in [-0.1, -0.05) is 12.1 Å². The molecule has 1 aromatic carbocycles. The van der Waals surface area contributed by atoms with Gasteiger partial charge >= 0.3 is 0 Å². The summed E-state index contributed by atoms with van der Waals surface area (Å²) in [6.07, 6.45) is 2.71. The second kappa shape index (κ2) is 4.78. The van der Waals surface area contributed by atoms with Crippen molar-refractivity contribution in [3.05, 3.63) is 52.4 Å². The summed E-state index contributed by atoms with van der Waals surface area (Å²) in [5.41, 5.74) is 7.17. The van der Waals surface area contributed by atoms with E-state index in [1.165, 1.54) is 0 Å². The van der Waals surface area contributed by atoms with Crippen molar-refractivity contribution in [3.63, 3.8) is 0 Å². The number of hydrogen-bond donors (Lipinski definition) is 1. The van der Waals surface area contributed by atoms with Gasteiger partial charge in [-0.05, 0) is 58.6 Å². The van der Waals surface area contributed by atoms with E-state index < -0.39 is 0 Å². The Morgan fingerprint density at radius 1 is 1.28 bits per heavy atom. The summed E-state index contributed by atoms with van der Waals surface area (Å²) in [6, 6.07) is 11.4. The van der Waals surface area contributed by atoms with Crippen molar-refractivity contribution < 1.29 is 9.15 Å². The summed E-state index contributed by atoms with van der Waals surface area (Å²) in [6.45, 7) is 0. The molecule has 0 spiro atoms. The van der Waals surface area contributed by atoms with Crippen LogP contribution >= 0.6 is 15.9 Å². The summed E-state index contributed by atoms with van der Waals surface area (Å²) >= 11 is 3.28. The molecule has 0 aliphatic heterocycles. The van der Waals surface area contributed by atoms with E-state index in [0.717, 1.165) is 29.9 Å². The number of rotatable bonds is 4. The fourth-order valence-corrected chi connectivity index (χ4v) is 2.14. The van der Waals surface area contributed by atoms with Crippen LogP contribution in [0.15, 0.2) is 45.5 Å². The van der Waals surface area contributed by atoms with Crippen molar-refractivity contribution in [1.82, 2.24) is 0 Å². The first-order valence-electron chi connectivity index (χ1n) is 6.00. The first-order valence-corrected chi connectivity index (χ1v) is 6.79. The molecule has 18 heavy (non-hydrogen) atoms. The molecule has 1 aromatic heterocycles. The standard InChI is InChI=1S/C14H14BrNO2/c15-13-7-6-12(18-13)14(16)9-2-1-3-11(8-9)17-10-4-5-10/h1-3,6-8,10,14H,4-5,16H2. The summed E-state index contributed by atoms with van der Waals surface area (Å²) in [7, 11) is 0. The van der Waals surface area contributed by atoms with Crippen LogP contribution in [0.3, 0.4) is 0 Å². The van der Waals surface area contributed by atoms with Crippen LogP contribution in [0.1, 0.15) is 30.2 Å². The zero-order valence-electron chi connectivity index (χ0n) is 9.80. The van der Waals surface area contributed by atoms with E-state index in [1.54, 1.807) is 0 Å². The van der Waals surface area contributed by atoms with Crippen LogP contribution in [-0.2, 0) is 0 Å². The van der Waals surface area contributed by atoms with Gasteiger partial charge in [0, 0.05) is 0 Å². The van der Waals surface area contributed by atoms with E-state index in [-0.39, 0.29) is 6.04 Å². The zero-order chi connectivity index (χ0) is 12.5. The highest BCUT2D eigenvalue weighted by Crippen LogP contribution is 2.30. The number of benzene rings is 1. The Kier molecular flexibility index (Phi) is 3.14. The Hall–Kier alpha value is -1.26. The second-order valence-corrected chi connectivity index (χ2v) is 5.29. The molecule has 1 atom stereocenters. The molecule has 0 radical (unpaired) electrons. The van der Waals surface area contributed by atoms with Crippen LogP contribution in [0.5, 0.6) is 5.75 Å². The van der Waals surface area contributed by atoms with Crippen molar-refractivity contribution in [3.8, 4) is 5.75 Å². The topological polar surface area (TPSA) is 48.4 Å². The highest BCUT2D eigenvalue weighted by molar-refractivity contribution is 9.10. The predicted octanol–water partition coefficient (Wildman–Crippen LogP) is 3.63. The van der Waals surface area contributed by atoms with Crippen LogP contribution in [0.4, 0.5) is 0 Å². The van der Waals surface area contributed by atoms with Gasteiger partial charge in [0.15, 0.2) is 4.67 Å². The summed E-state index contributed by atoms with van der Waals surface area (Å²) in [5.74, 6) is 1.63. The average molecular weight is 308 g/mol. The molecule has 1 unspecified atom stereocenters. The Bertz CT molecular complexity index is 548. The number of ether oxygens (including phenoxy) is 1. The molecule has 3 nitrogen and oxygen atoms in total. The lowest BCUT2D eigenvalue weighted by Gasteiger charge is -2.11. The molecule has 94 valence electrons. The van der Waals surface area contributed by atoms with Gasteiger partial charge in [0.05, 0.1) is 12.1 Å². The highest BCUT2D eigenvalue weighted by Gasteiger charge is 2.23. The fraction of sp³-hybridized carbons (Fsp3) is 0.286. The van der Waals surface area contributed by atoms with Crippen LogP contribution < -0.4 is 10.5 Å². The molecule has 1 heterocycles. The molecule has 3 rings (SSSR count). The first kappa shape index (κ1) is 11.8. The van der Waals surface area contributed by atoms with E-state index in [0.29, 0.717) is 10.8 Å². The number of hydrogen-bond acceptors (Lipinski definition) is 3. The largest absolute Gasteiger partial charge is 0.490 e. The lowest BCUT2D eigenvalue weighted by atomic mass is 10.1. The van der Waals surface area contributed by atoms with Gasteiger partial charge in [-0.25, -0.2) is 0 Å². The normalized spacial score (nSPS) is 16.6. The van der Waals surface area contributed by atoms with Crippen molar-refractivity contribution in [2.45, 2.75) is 25.0 Å². The van der Waals surface area contributed by atoms with Gasteiger partial charge in [0.2, 0.25) is 0 Å². The third-order valence-electron chi connectivity index (χ3n) is 2.94. The van der Waals surface area contributed by atoms with E-state index in [4.69, 9.17) is 14.9 Å². The van der Waals surface area contributed by atoms with E-state index in [1.807, 2.05) is 36.4 Å². The molecule has 0 amide bonds. The second-order valence-electron chi connectivity index (χ2n) is 4.51. The smallest absolute Gasteiger partial charge is 0.169 e. The van der Waals surface area contributed by atoms with Gasteiger partial charge < -0.3 is 14.9 Å². The minimum atomic E-state index is -0.265. The minimum Gasteiger partial charge on any atom is -0.490 e. The molecule has 1 saturated carbocycles. The predicted molar refractivity (Wildman–Crippen MR) is 72.5 cm³/mol. The zero-order valence-corrected chi connectivity index (χ0v) is 11.4. The van der Waals surface area contributed by atoms with Crippen molar-refractivity contribution >= 4 is 15.9 Å². The third-order valence-corrected chi connectivity index (χ3v) is 3.37. The Labute approximate surface area is 114 Å². The highest BCUT2D eigenvalue weighted by atomic mass is 79.9. The van der Waals surface area contributed by atoms with Crippen LogP contribution in [0.25, 0.3) is 0 Å². The Morgan fingerprint density at radius 2 is 2.11 bits per heavy atom. The van der Waals surface area contributed by atoms with Crippen molar-refractivity contribution in [1.29, 1.82) is 0 Å². The maximum Gasteiger partial charge on any atom is 0.169 e. The van der Waals surface area contributed by atoms with Gasteiger partial charge in [0.25, 0.3) is 0 Å². The molecule has 4 heteroatoms. The Balaban J connectivity index is 1.81. The summed E-state index contributed by atoms with van der Waals surface area (Å²) in [5, 5.41) is 0. The molecular formula is C14H14BrNO2. The number of nitrogens with two attached hydrogens (primary N) is 1. The van der Waals surface area contributed by atoms with Crippen molar-refractivity contribution in [2.75, 3.05) is 0 Å². The molecule has 0 saturated heterocycles. The van der Waals surface area contributed by atoms with Gasteiger partial charge in [-0.15, -0.1) is 0 Å². The van der Waals surface area contributed by atoms with Gasteiger partial charge in [-0.3, -0.25) is 0 Å². The fourth-order valence-electron chi connectivity index (χ4n) is 1.82. The van der Waals surface area contributed by atoms with E-state index >= 15 is 0 Å². The monoisotopic (exact) mass is 307 g/mol. The summed E-state index contributed by atoms with van der Waals surface area (Å²) < 4.78 is 11.9.